The maximum Gasteiger partial charge on any atom is 0.416 e. The first-order valence-corrected chi connectivity index (χ1v) is 10.7. The van der Waals surface area contributed by atoms with Gasteiger partial charge in [-0.1, -0.05) is 43.6 Å². The van der Waals surface area contributed by atoms with E-state index < -0.39 is 33.1 Å². The summed E-state index contributed by atoms with van der Waals surface area (Å²) in [6.07, 6.45) is -4.47. The molecule has 0 bridgehead atoms. The summed E-state index contributed by atoms with van der Waals surface area (Å²) in [7, 11) is -1.04. The van der Waals surface area contributed by atoms with Crippen LogP contribution in [0.5, 0.6) is 0 Å². The predicted molar refractivity (Wildman–Crippen MR) is 109 cm³/mol. The number of benzene rings is 2. The molecule has 0 atom stereocenters. The Balaban J connectivity index is 2.25. The van der Waals surface area contributed by atoms with Crippen LogP contribution in [-0.2, 0) is 21.6 Å². The predicted octanol–water partition coefficient (Wildman–Crippen LogP) is 4.32. The van der Waals surface area contributed by atoms with Crippen molar-refractivity contribution in [1.82, 2.24) is 9.62 Å². The lowest BCUT2D eigenvalue weighted by Crippen LogP contribution is -2.37. The molecule has 0 aliphatic heterocycles. The second-order valence-electron chi connectivity index (χ2n) is 7.57. The van der Waals surface area contributed by atoms with Gasteiger partial charge in [0.1, 0.15) is 0 Å². The van der Waals surface area contributed by atoms with Gasteiger partial charge in [-0.3, -0.25) is 4.79 Å². The van der Waals surface area contributed by atoms with Crippen LogP contribution >= 0.6 is 11.6 Å². The van der Waals surface area contributed by atoms with Gasteiger partial charge < -0.3 is 5.32 Å². The summed E-state index contributed by atoms with van der Waals surface area (Å²) >= 11 is 6.06. The fraction of sp³-hybridized carbons (Fsp3) is 0.350. The standard InChI is InChI=1S/C20H22ClF3N2O3S/c1-19(2,13-6-5-7-14(10-13)20(22,23)24)12-25-18(27)16-11-15(8-9-17(16)21)30(28,29)26(3)4/h5-11H,12H2,1-4H3,(H,25,27). The minimum Gasteiger partial charge on any atom is -0.351 e. The van der Waals surface area contributed by atoms with Gasteiger partial charge in [0.15, 0.2) is 0 Å². The molecule has 0 fully saturated rings. The average molecular weight is 463 g/mol. The van der Waals surface area contributed by atoms with E-state index in [-0.39, 0.29) is 22.0 Å². The Morgan fingerprint density at radius 2 is 1.67 bits per heavy atom. The second kappa shape index (κ2) is 8.56. The molecule has 0 aliphatic carbocycles. The average Bonchev–Trinajstić information content (AvgIpc) is 2.65. The van der Waals surface area contributed by atoms with Crippen LogP contribution in [0, 0.1) is 0 Å². The van der Waals surface area contributed by atoms with Gasteiger partial charge in [-0.2, -0.15) is 13.2 Å². The van der Waals surface area contributed by atoms with Crippen LogP contribution in [0.2, 0.25) is 5.02 Å². The molecular weight excluding hydrogens is 441 g/mol. The van der Waals surface area contributed by atoms with Crippen LogP contribution in [0.3, 0.4) is 0 Å². The Bertz CT molecular complexity index is 1050. The highest BCUT2D eigenvalue weighted by Crippen LogP contribution is 2.32. The fourth-order valence-corrected chi connectivity index (χ4v) is 3.80. The maximum absolute atomic E-state index is 13.0. The molecule has 0 aromatic heterocycles. The lowest BCUT2D eigenvalue weighted by atomic mass is 9.83. The summed E-state index contributed by atoms with van der Waals surface area (Å²) in [5.41, 5.74) is -1.24. The van der Waals surface area contributed by atoms with Crippen molar-refractivity contribution in [3.8, 4) is 0 Å². The lowest BCUT2D eigenvalue weighted by molar-refractivity contribution is -0.137. The summed E-state index contributed by atoms with van der Waals surface area (Å²) in [4.78, 5) is 12.5. The maximum atomic E-state index is 13.0. The quantitative estimate of drug-likeness (QED) is 0.695. The normalized spacial score (nSPS) is 12.8. The van der Waals surface area contributed by atoms with Crippen LogP contribution in [-0.4, -0.2) is 39.3 Å². The van der Waals surface area contributed by atoms with Gasteiger partial charge in [0, 0.05) is 26.1 Å². The third-order valence-electron chi connectivity index (χ3n) is 4.62. The van der Waals surface area contributed by atoms with E-state index in [0.29, 0.717) is 5.56 Å². The Kier molecular flexibility index (Phi) is 6.90. The van der Waals surface area contributed by atoms with Crippen molar-refractivity contribution in [2.75, 3.05) is 20.6 Å². The molecule has 0 aliphatic rings. The molecule has 0 radical (unpaired) electrons. The van der Waals surface area contributed by atoms with Crippen LogP contribution in [0.25, 0.3) is 0 Å². The lowest BCUT2D eigenvalue weighted by Gasteiger charge is -2.26. The van der Waals surface area contributed by atoms with Crippen molar-refractivity contribution in [2.24, 2.45) is 0 Å². The van der Waals surface area contributed by atoms with Gasteiger partial charge in [0.25, 0.3) is 5.91 Å². The number of amides is 1. The Hall–Kier alpha value is -2.10. The zero-order valence-corrected chi connectivity index (χ0v) is 18.4. The zero-order chi connectivity index (χ0) is 22.9. The molecule has 0 unspecified atom stereocenters. The van der Waals surface area contributed by atoms with E-state index >= 15 is 0 Å². The molecule has 30 heavy (non-hydrogen) atoms. The minimum atomic E-state index is -4.47. The van der Waals surface area contributed by atoms with Crippen LogP contribution in [0.1, 0.15) is 35.3 Å². The first-order valence-electron chi connectivity index (χ1n) is 8.84. The van der Waals surface area contributed by atoms with Gasteiger partial charge in [0.2, 0.25) is 10.0 Å². The van der Waals surface area contributed by atoms with Crippen molar-refractivity contribution in [2.45, 2.75) is 30.3 Å². The minimum absolute atomic E-state index is 0.00807. The number of sulfonamides is 1. The summed E-state index contributed by atoms with van der Waals surface area (Å²) < 4.78 is 64.6. The number of halogens is 4. The smallest absolute Gasteiger partial charge is 0.351 e. The molecule has 0 saturated carbocycles. The van der Waals surface area contributed by atoms with E-state index in [1.807, 2.05) is 0 Å². The van der Waals surface area contributed by atoms with E-state index in [1.54, 1.807) is 19.9 Å². The molecule has 10 heteroatoms. The summed E-state index contributed by atoms with van der Waals surface area (Å²) in [5.74, 6) is -0.629. The number of rotatable bonds is 6. The highest BCUT2D eigenvalue weighted by atomic mass is 35.5. The highest BCUT2D eigenvalue weighted by Gasteiger charge is 2.32. The van der Waals surface area contributed by atoms with Crippen LogP contribution in [0.15, 0.2) is 47.4 Å². The molecule has 0 heterocycles. The topological polar surface area (TPSA) is 66.5 Å². The Morgan fingerprint density at radius 1 is 1.07 bits per heavy atom. The molecule has 2 aromatic carbocycles. The molecule has 1 N–H and O–H groups in total. The summed E-state index contributed by atoms with van der Waals surface area (Å²) in [5, 5.41) is 2.69. The molecule has 2 aromatic rings. The Labute approximate surface area is 178 Å². The molecule has 0 saturated heterocycles. The van der Waals surface area contributed by atoms with Gasteiger partial charge in [-0.25, -0.2) is 12.7 Å². The molecule has 5 nitrogen and oxygen atoms in total. The first kappa shape index (κ1) is 24.2. The van der Waals surface area contributed by atoms with Gasteiger partial charge in [-0.05, 0) is 29.8 Å². The summed E-state index contributed by atoms with van der Waals surface area (Å²) in [6, 6.07) is 8.67. The molecule has 1 amide bonds. The number of carbonyl (C=O) groups is 1. The van der Waals surface area contributed by atoms with Crippen molar-refractivity contribution in [3.63, 3.8) is 0 Å². The molecular formula is C20H22ClF3N2O3S. The Morgan fingerprint density at radius 3 is 2.23 bits per heavy atom. The number of hydrogen-bond donors (Lipinski definition) is 1. The monoisotopic (exact) mass is 462 g/mol. The third kappa shape index (κ3) is 5.33. The molecule has 0 spiro atoms. The van der Waals surface area contributed by atoms with Crippen LogP contribution in [0.4, 0.5) is 13.2 Å². The molecule has 2 rings (SSSR count). The highest BCUT2D eigenvalue weighted by molar-refractivity contribution is 7.89. The van der Waals surface area contributed by atoms with Crippen molar-refractivity contribution in [1.29, 1.82) is 0 Å². The van der Waals surface area contributed by atoms with E-state index in [0.717, 1.165) is 16.4 Å². The number of hydrogen-bond acceptors (Lipinski definition) is 3. The van der Waals surface area contributed by atoms with Crippen molar-refractivity contribution in [3.05, 3.63) is 64.2 Å². The largest absolute Gasteiger partial charge is 0.416 e. The van der Waals surface area contributed by atoms with Gasteiger partial charge >= 0.3 is 6.18 Å². The number of nitrogens with one attached hydrogen (secondary N) is 1. The van der Waals surface area contributed by atoms with E-state index in [9.17, 15) is 26.4 Å². The van der Waals surface area contributed by atoms with Gasteiger partial charge in [0.05, 0.1) is 21.0 Å². The molecule has 164 valence electrons. The second-order valence-corrected chi connectivity index (χ2v) is 10.1. The van der Waals surface area contributed by atoms with E-state index in [1.165, 1.54) is 38.4 Å². The van der Waals surface area contributed by atoms with E-state index in [2.05, 4.69) is 5.32 Å². The SMILES string of the molecule is CN(C)S(=O)(=O)c1ccc(Cl)c(C(=O)NCC(C)(C)c2cccc(C(F)(F)F)c2)c1. The van der Waals surface area contributed by atoms with Crippen molar-refractivity contribution >= 4 is 27.5 Å². The zero-order valence-electron chi connectivity index (χ0n) is 16.8. The number of alkyl halides is 3. The van der Waals surface area contributed by atoms with Crippen molar-refractivity contribution < 1.29 is 26.4 Å². The summed E-state index contributed by atoms with van der Waals surface area (Å²) in [6.45, 7) is 3.39. The number of carbonyl (C=O) groups excluding carboxylic acids is 1. The van der Waals surface area contributed by atoms with Gasteiger partial charge in [-0.15, -0.1) is 0 Å². The number of nitrogens with zero attached hydrogens (tertiary/aromatic N) is 1. The fourth-order valence-electron chi connectivity index (χ4n) is 2.66. The first-order chi connectivity index (χ1) is 13.7. The van der Waals surface area contributed by atoms with E-state index in [4.69, 9.17) is 11.6 Å². The third-order valence-corrected chi connectivity index (χ3v) is 6.76. The van der Waals surface area contributed by atoms with Crippen LogP contribution < -0.4 is 5.32 Å².